The summed E-state index contributed by atoms with van der Waals surface area (Å²) in [6.45, 7) is 0.0617. The summed E-state index contributed by atoms with van der Waals surface area (Å²) in [5.74, 6) is 0. The number of ether oxygens (including phenoxy) is 2. The molecular formula is C26H30O6S. The van der Waals surface area contributed by atoms with Gasteiger partial charge < -0.3 is 14.6 Å². The number of aliphatic hydroxyl groups excluding tert-OH is 1. The molecule has 0 bridgehead atoms. The van der Waals surface area contributed by atoms with E-state index < -0.39 is 21.8 Å². The van der Waals surface area contributed by atoms with Gasteiger partial charge in [0, 0.05) is 6.61 Å². The Kier molecular flexibility index (Phi) is 9.17. The second-order valence-corrected chi connectivity index (χ2v) is 9.27. The summed E-state index contributed by atoms with van der Waals surface area (Å²) in [5.41, 5.74) is 1.99. The van der Waals surface area contributed by atoms with Gasteiger partial charge in [0.1, 0.15) is 5.60 Å². The molecule has 7 heteroatoms. The van der Waals surface area contributed by atoms with Crippen LogP contribution in [-0.4, -0.2) is 52.3 Å². The van der Waals surface area contributed by atoms with Crippen molar-refractivity contribution in [1.29, 1.82) is 0 Å². The van der Waals surface area contributed by atoms with Gasteiger partial charge in [-0.25, -0.2) is 0 Å². The zero-order valence-corrected chi connectivity index (χ0v) is 19.5. The van der Waals surface area contributed by atoms with Gasteiger partial charge in [0.05, 0.1) is 32.2 Å². The van der Waals surface area contributed by atoms with E-state index in [1.807, 2.05) is 91.0 Å². The van der Waals surface area contributed by atoms with Gasteiger partial charge in [-0.05, 0) is 23.1 Å². The van der Waals surface area contributed by atoms with E-state index in [0.29, 0.717) is 6.42 Å². The van der Waals surface area contributed by atoms with E-state index in [4.69, 9.17) is 13.7 Å². The van der Waals surface area contributed by atoms with Crippen LogP contribution in [0.4, 0.5) is 0 Å². The Bertz CT molecular complexity index is 959. The van der Waals surface area contributed by atoms with Gasteiger partial charge in [0.15, 0.2) is 0 Å². The molecule has 0 amide bonds. The molecule has 3 rings (SSSR count). The van der Waals surface area contributed by atoms with Gasteiger partial charge in [-0.15, -0.1) is 0 Å². The van der Waals surface area contributed by atoms with Crippen LogP contribution in [0, 0.1) is 0 Å². The Balaban J connectivity index is 1.92. The third-order valence-corrected chi connectivity index (χ3v) is 5.81. The van der Waals surface area contributed by atoms with Crippen molar-refractivity contribution in [1.82, 2.24) is 0 Å². The van der Waals surface area contributed by atoms with Crippen molar-refractivity contribution in [2.45, 2.75) is 18.1 Å². The minimum atomic E-state index is -3.54. The zero-order chi connectivity index (χ0) is 23.6. The molecule has 0 aliphatic rings. The van der Waals surface area contributed by atoms with Gasteiger partial charge in [-0.2, -0.15) is 8.42 Å². The number of rotatable bonds is 13. The summed E-state index contributed by atoms with van der Waals surface area (Å²) in [6.07, 6.45) is 0.886. The van der Waals surface area contributed by atoms with E-state index in [-0.39, 0.29) is 26.4 Å². The SMILES string of the molecule is CS(=O)(=O)OCCOC(CCO)COC(c1ccccc1)(c1ccccc1)c1ccccc1. The molecule has 0 aliphatic carbocycles. The molecule has 33 heavy (non-hydrogen) atoms. The van der Waals surface area contributed by atoms with Crippen molar-refractivity contribution in [3.8, 4) is 0 Å². The quantitative estimate of drug-likeness (QED) is 0.233. The summed E-state index contributed by atoms with van der Waals surface area (Å²) in [6, 6.07) is 29.9. The lowest BCUT2D eigenvalue weighted by molar-refractivity contribution is -0.0747. The molecule has 6 nitrogen and oxygen atoms in total. The van der Waals surface area contributed by atoms with E-state index in [2.05, 4.69) is 0 Å². The largest absolute Gasteiger partial charge is 0.396 e. The molecule has 3 aromatic carbocycles. The fraction of sp³-hybridized carbons (Fsp3) is 0.308. The first kappa shape index (κ1) is 25.1. The summed E-state index contributed by atoms with van der Waals surface area (Å²) >= 11 is 0. The maximum Gasteiger partial charge on any atom is 0.264 e. The third-order valence-electron chi connectivity index (χ3n) is 5.21. The second kappa shape index (κ2) is 12.1. The van der Waals surface area contributed by atoms with Crippen LogP contribution in [0.3, 0.4) is 0 Å². The van der Waals surface area contributed by atoms with Crippen molar-refractivity contribution in [3.63, 3.8) is 0 Å². The van der Waals surface area contributed by atoms with Gasteiger partial charge >= 0.3 is 0 Å². The fourth-order valence-electron chi connectivity index (χ4n) is 3.75. The molecule has 0 aliphatic heterocycles. The maximum atomic E-state index is 11.2. The lowest BCUT2D eigenvalue weighted by Crippen LogP contribution is -2.37. The van der Waals surface area contributed by atoms with Gasteiger partial charge in [-0.3, -0.25) is 4.18 Å². The predicted octanol–water partition coefficient (Wildman–Crippen LogP) is 3.74. The summed E-state index contributed by atoms with van der Waals surface area (Å²) < 4.78 is 39.6. The van der Waals surface area contributed by atoms with Crippen LogP contribution in [0.2, 0.25) is 0 Å². The summed E-state index contributed by atoms with van der Waals surface area (Å²) in [5, 5.41) is 9.54. The molecule has 0 saturated carbocycles. The highest BCUT2D eigenvalue weighted by Gasteiger charge is 2.38. The average molecular weight is 471 g/mol. The van der Waals surface area contributed by atoms with Crippen LogP contribution in [0.15, 0.2) is 91.0 Å². The van der Waals surface area contributed by atoms with Crippen LogP contribution >= 0.6 is 0 Å². The van der Waals surface area contributed by atoms with Crippen molar-refractivity contribution >= 4 is 10.1 Å². The van der Waals surface area contributed by atoms with Crippen molar-refractivity contribution < 1.29 is 27.2 Å². The van der Waals surface area contributed by atoms with Crippen LogP contribution < -0.4 is 0 Å². The van der Waals surface area contributed by atoms with Crippen molar-refractivity contribution in [2.75, 3.05) is 32.7 Å². The molecule has 0 aromatic heterocycles. The van der Waals surface area contributed by atoms with Crippen LogP contribution in [0.1, 0.15) is 23.1 Å². The molecule has 1 atom stereocenters. The first-order valence-electron chi connectivity index (χ1n) is 10.8. The van der Waals surface area contributed by atoms with Crippen LogP contribution in [0.25, 0.3) is 0 Å². The zero-order valence-electron chi connectivity index (χ0n) is 18.7. The standard InChI is InChI=1S/C26H30O6S/c1-33(28,29)32-20-19-30-25(17-18-27)21-31-26(22-11-5-2-6-12-22,23-13-7-3-8-14-23)24-15-9-4-10-16-24/h2-16,25,27H,17-21H2,1H3. The molecule has 0 heterocycles. The van der Waals surface area contributed by atoms with E-state index in [9.17, 15) is 13.5 Å². The number of benzene rings is 3. The van der Waals surface area contributed by atoms with E-state index in [0.717, 1.165) is 22.9 Å². The molecule has 0 fully saturated rings. The lowest BCUT2D eigenvalue weighted by Gasteiger charge is -2.37. The number of hydrogen-bond donors (Lipinski definition) is 1. The van der Waals surface area contributed by atoms with E-state index in [1.165, 1.54) is 0 Å². The Morgan fingerprint density at radius 2 is 1.24 bits per heavy atom. The normalized spacial score (nSPS) is 13.0. The smallest absolute Gasteiger partial charge is 0.264 e. The molecule has 0 saturated heterocycles. The minimum absolute atomic E-state index is 0.0656. The maximum absolute atomic E-state index is 11.2. The van der Waals surface area contributed by atoms with Crippen LogP contribution in [0.5, 0.6) is 0 Å². The Morgan fingerprint density at radius 1 is 0.788 bits per heavy atom. The van der Waals surface area contributed by atoms with Crippen molar-refractivity contribution in [3.05, 3.63) is 108 Å². The highest BCUT2D eigenvalue weighted by molar-refractivity contribution is 7.85. The van der Waals surface area contributed by atoms with Crippen molar-refractivity contribution in [2.24, 2.45) is 0 Å². The molecule has 3 aromatic rings. The molecule has 0 spiro atoms. The highest BCUT2D eigenvalue weighted by Crippen LogP contribution is 2.40. The van der Waals surface area contributed by atoms with E-state index in [1.54, 1.807) is 0 Å². The third kappa shape index (κ3) is 6.96. The Morgan fingerprint density at radius 3 is 1.64 bits per heavy atom. The number of aliphatic hydroxyl groups is 1. The van der Waals surface area contributed by atoms with Crippen LogP contribution in [-0.2, 0) is 29.4 Å². The monoisotopic (exact) mass is 470 g/mol. The predicted molar refractivity (Wildman–Crippen MR) is 127 cm³/mol. The molecule has 1 N–H and O–H groups in total. The molecule has 1 unspecified atom stereocenters. The Labute approximate surface area is 195 Å². The first-order chi connectivity index (χ1) is 16.0. The molecule has 176 valence electrons. The number of hydrogen-bond acceptors (Lipinski definition) is 6. The van der Waals surface area contributed by atoms with E-state index >= 15 is 0 Å². The van der Waals surface area contributed by atoms with Gasteiger partial charge in [-0.1, -0.05) is 91.0 Å². The molecule has 0 radical (unpaired) electrons. The summed E-state index contributed by atoms with van der Waals surface area (Å²) in [4.78, 5) is 0. The highest BCUT2D eigenvalue weighted by atomic mass is 32.2. The lowest BCUT2D eigenvalue weighted by atomic mass is 9.80. The average Bonchev–Trinajstić information content (AvgIpc) is 2.83. The van der Waals surface area contributed by atoms with Gasteiger partial charge in [0.2, 0.25) is 0 Å². The molecular weight excluding hydrogens is 440 g/mol. The Hall–Kier alpha value is -2.55. The minimum Gasteiger partial charge on any atom is -0.396 e. The summed E-state index contributed by atoms with van der Waals surface area (Å²) in [7, 11) is -3.54. The fourth-order valence-corrected chi connectivity index (χ4v) is 4.12. The van der Waals surface area contributed by atoms with Gasteiger partial charge in [0.25, 0.3) is 10.1 Å². The topological polar surface area (TPSA) is 82.1 Å². The first-order valence-corrected chi connectivity index (χ1v) is 12.6. The second-order valence-electron chi connectivity index (χ2n) is 7.62.